The van der Waals surface area contributed by atoms with Gasteiger partial charge in [0.25, 0.3) is 0 Å². The lowest BCUT2D eigenvalue weighted by atomic mass is 10.4. The van der Waals surface area contributed by atoms with Crippen LogP contribution in [-0.2, 0) is 10.0 Å². The molecule has 0 saturated heterocycles. The molecule has 2 rings (SSSR count). The van der Waals surface area contributed by atoms with Gasteiger partial charge in [-0.25, -0.2) is 13.4 Å². The molecule has 1 aromatic heterocycles. The molecule has 96 valence electrons. The van der Waals surface area contributed by atoms with Gasteiger partial charge in [0.2, 0.25) is 10.0 Å². The highest BCUT2D eigenvalue weighted by atomic mass is 32.2. The molecule has 0 unspecified atom stereocenters. The van der Waals surface area contributed by atoms with Gasteiger partial charge < -0.3 is 0 Å². The van der Waals surface area contributed by atoms with Crippen molar-refractivity contribution in [3.8, 4) is 6.07 Å². The fourth-order valence-corrected chi connectivity index (χ4v) is 3.54. The second kappa shape index (κ2) is 5.04. The molecule has 0 aliphatic heterocycles. The van der Waals surface area contributed by atoms with E-state index in [1.54, 1.807) is 4.31 Å². The first-order valence-electron chi connectivity index (χ1n) is 5.97. The number of sulfonamides is 1. The van der Waals surface area contributed by atoms with Crippen LogP contribution in [-0.4, -0.2) is 30.3 Å². The highest BCUT2D eigenvalue weighted by Crippen LogP contribution is 2.31. The van der Waals surface area contributed by atoms with Gasteiger partial charge in [0.15, 0.2) is 0 Å². The summed E-state index contributed by atoms with van der Waals surface area (Å²) in [5.74, 6) is 0. The second-order valence-electron chi connectivity index (χ2n) is 4.34. The normalized spacial score (nSPS) is 15.6. The Morgan fingerprint density at radius 2 is 2.22 bits per heavy atom. The molecule has 0 spiro atoms. The first-order chi connectivity index (χ1) is 8.59. The van der Waals surface area contributed by atoms with Crippen molar-refractivity contribution >= 4 is 10.0 Å². The molecule has 0 aromatic carbocycles. The summed E-state index contributed by atoms with van der Waals surface area (Å²) in [4.78, 5) is 3.99. The van der Waals surface area contributed by atoms with Crippen LogP contribution >= 0.6 is 0 Å². The lowest BCUT2D eigenvalue weighted by Crippen LogP contribution is -2.33. The summed E-state index contributed by atoms with van der Waals surface area (Å²) in [7, 11) is -3.46. The van der Waals surface area contributed by atoms with E-state index in [1.165, 1.54) is 18.3 Å². The van der Waals surface area contributed by atoms with Crippen molar-refractivity contribution in [2.75, 3.05) is 6.54 Å². The Hall–Kier alpha value is -1.45. The van der Waals surface area contributed by atoms with Gasteiger partial charge in [-0.2, -0.15) is 9.57 Å². The minimum atomic E-state index is -3.46. The van der Waals surface area contributed by atoms with Gasteiger partial charge in [0.1, 0.15) is 16.7 Å². The lowest BCUT2D eigenvalue weighted by molar-refractivity contribution is 0.403. The third-order valence-electron chi connectivity index (χ3n) is 2.86. The van der Waals surface area contributed by atoms with E-state index in [0.717, 1.165) is 19.3 Å². The van der Waals surface area contributed by atoms with Crippen LogP contribution in [0.4, 0.5) is 0 Å². The highest BCUT2D eigenvalue weighted by molar-refractivity contribution is 7.89. The van der Waals surface area contributed by atoms with E-state index in [9.17, 15) is 8.42 Å². The largest absolute Gasteiger partial charge is 0.244 e. The van der Waals surface area contributed by atoms with E-state index in [1.807, 2.05) is 13.0 Å². The van der Waals surface area contributed by atoms with E-state index in [-0.39, 0.29) is 16.6 Å². The first kappa shape index (κ1) is 13.0. The van der Waals surface area contributed by atoms with Crippen molar-refractivity contribution in [1.29, 1.82) is 5.26 Å². The van der Waals surface area contributed by atoms with Crippen LogP contribution in [0.25, 0.3) is 0 Å². The quantitative estimate of drug-likeness (QED) is 0.809. The lowest BCUT2D eigenvalue weighted by Gasteiger charge is -2.20. The van der Waals surface area contributed by atoms with Crippen molar-refractivity contribution < 1.29 is 8.42 Å². The Morgan fingerprint density at radius 3 is 2.67 bits per heavy atom. The molecule has 0 amide bonds. The Balaban J connectivity index is 2.30. The van der Waals surface area contributed by atoms with Gasteiger partial charge in [-0.15, -0.1) is 0 Å². The fourth-order valence-electron chi connectivity index (χ4n) is 1.82. The third-order valence-corrected chi connectivity index (χ3v) is 4.79. The van der Waals surface area contributed by atoms with E-state index < -0.39 is 10.0 Å². The molecule has 0 N–H and O–H groups in total. The molecule has 1 aromatic rings. The predicted octanol–water partition coefficient (Wildman–Crippen LogP) is 1.52. The summed E-state index contributed by atoms with van der Waals surface area (Å²) < 4.78 is 26.4. The van der Waals surface area contributed by atoms with E-state index in [4.69, 9.17) is 5.26 Å². The average molecular weight is 265 g/mol. The maximum atomic E-state index is 12.4. The van der Waals surface area contributed by atoms with E-state index in [2.05, 4.69) is 4.98 Å². The van der Waals surface area contributed by atoms with Crippen LogP contribution in [0.2, 0.25) is 0 Å². The molecule has 1 fully saturated rings. The maximum absolute atomic E-state index is 12.4. The zero-order valence-corrected chi connectivity index (χ0v) is 11.0. The Kier molecular flexibility index (Phi) is 3.64. The molecule has 0 bridgehead atoms. The van der Waals surface area contributed by atoms with Gasteiger partial charge in [-0.3, -0.25) is 0 Å². The molecular weight excluding hydrogens is 250 g/mol. The van der Waals surface area contributed by atoms with Crippen molar-refractivity contribution in [2.45, 2.75) is 37.1 Å². The number of nitriles is 1. The van der Waals surface area contributed by atoms with Crippen molar-refractivity contribution in [3.05, 3.63) is 24.0 Å². The SMILES string of the molecule is CCCN(C1CC1)S(=O)(=O)c1ccc(C#N)nc1. The summed E-state index contributed by atoms with van der Waals surface area (Å²) in [5.41, 5.74) is 0.224. The van der Waals surface area contributed by atoms with Crippen molar-refractivity contribution in [3.63, 3.8) is 0 Å². The fraction of sp³-hybridized carbons (Fsp3) is 0.500. The zero-order valence-electron chi connectivity index (χ0n) is 10.2. The summed E-state index contributed by atoms with van der Waals surface area (Å²) in [5, 5.41) is 8.65. The Morgan fingerprint density at radius 1 is 1.50 bits per heavy atom. The number of pyridine rings is 1. The molecule has 1 heterocycles. The van der Waals surface area contributed by atoms with Crippen LogP contribution in [0.15, 0.2) is 23.2 Å². The molecule has 1 aliphatic carbocycles. The van der Waals surface area contributed by atoms with Crippen LogP contribution in [0.1, 0.15) is 31.9 Å². The van der Waals surface area contributed by atoms with Gasteiger partial charge in [0, 0.05) is 18.8 Å². The van der Waals surface area contributed by atoms with Gasteiger partial charge >= 0.3 is 0 Å². The zero-order chi connectivity index (χ0) is 13.2. The van der Waals surface area contributed by atoms with E-state index in [0.29, 0.717) is 6.54 Å². The number of nitrogens with zero attached hydrogens (tertiary/aromatic N) is 3. The standard InChI is InChI=1S/C12H15N3O2S/c1-2-7-15(11-4-5-11)18(16,17)12-6-3-10(8-13)14-9-12/h3,6,9,11H,2,4-5,7H2,1H3. The average Bonchev–Trinajstić information content (AvgIpc) is 3.20. The predicted molar refractivity (Wildman–Crippen MR) is 66.2 cm³/mol. The van der Waals surface area contributed by atoms with Gasteiger partial charge in [0.05, 0.1) is 0 Å². The monoisotopic (exact) mass is 265 g/mol. The van der Waals surface area contributed by atoms with Crippen molar-refractivity contribution in [2.24, 2.45) is 0 Å². The summed E-state index contributed by atoms with van der Waals surface area (Å²) in [6.45, 7) is 2.49. The van der Waals surface area contributed by atoms with E-state index >= 15 is 0 Å². The number of hydrogen-bond acceptors (Lipinski definition) is 4. The van der Waals surface area contributed by atoms with Crippen LogP contribution in [0.5, 0.6) is 0 Å². The van der Waals surface area contributed by atoms with Crippen molar-refractivity contribution in [1.82, 2.24) is 9.29 Å². The minimum Gasteiger partial charge on any atom is -0.244 e. The number of hydrogen-bond donors (Lipinski definition) is 0. The molecule has 18 heavy (non-hydrogen) atoms. The summed E-state index contributed by atoms with van der Waals surface area (Å²) in [6.07, 6.45) is 3.92. The van der Waals surface area contributed by atoms with Gasteiger partial charge in [-0.1, -0.05) is 6.92 Å². The van der Waals surface area contributed by atoms with Crippen LogP contribution in [0.3, 0.4) is 0 Å². The number of aromatic nitrogens is 1. The smallest absolute Gasteiger partial charge is 0.244 e. The topological polar surface area (TPSA) is 74.1 Å². The molecule has 1 aliphatic rings. The Bertz CT molecular complexity index is 556. The third kappa shape index (κ3) is 2.52. The summed E-state index contributed by atoms with van der Waals surface area (Å²) in [6, 6.07) is 4.90. The second-order valence-corrected chi connectivity index (χ2v) is 6.23. The minimum absolute atomic E-state index is 0.144. The molecule has 6 heteroatoms. The van der Waals surface area contributed by atoms with Crippen LogP contribution < -0.4 is 0 Å². The molecule has 0 radical (unpaired) electrons. The number of rotatable bonds is 5. The highest BCUT2D eigenvalue weighted by Gasteiger charge is 2.37. The Labute approximate surface area is 107 Å². The van der Waals surface area contributed by atoms with Gasteiger partial charge in [-0.05, 0) is 31.4 Å². The first-order valence-corrected chi connectivity index (χ1v) is 7.41. The molecule has 1 saturated carbocycles. The summed E-state index contributed by atoms with van der Waals surface area (Å²) >= 11 is 0. The van der Waals surface area contributed by atoms with Crippen LogP contribution in [0, 0.1) is 11.3 Å². The molecular formula is C12H15N3O2S. The maximum Gasteiger partial charge on any atom is 0.244 e. The molecule has 5 nitrogen and oxygen atoms in total. The molecule has 0 atom stereocenters.